The first-order valence-electron chi connectivity index (χ1n) is 4.68. The van der Waals surface area contributed by atoms with E-state index in [9.17, 15) is 9.90 Å². The number of ether oxygens (including phenoxy) is 1. The van der Waals surface area contributed by atoms with E-state index in [-0.39, 0.29) is 5.75 Å². The maximum absolute atomic E-state index is 11.4. The van der Waals surface area contributed by atoms with E-state index in [2.05, 4.69) is 0 Å². The minimum absolute atomic E-state index is 0.0935. The highest BCUT2D eigenvalue weighted by atomic mass is 16.5. The highest BCUT2D eigenvalue weighted by Gasteiger charge is 2.07. The first-order chi connectivity index (χ1) is 7.02. The Kier molecular flexibility index (Phi) is 3.50. The molecule has 0 amide bonds. The van der Waals surface area contributed by atoms with Crippen molar-refractivity contribution < 1.29 is 14.6 Å². The molecule has 1 N–H and O–H groups in total. The van der Waals surface area contributed by atoms with Crippen LogP contribution in [0.3, 0.4) is 0 Å². The number of aromatic hydroxyl groups is 1. The van der Waals surface area contributed by atoms with Crippen molar-refractivity contribution in [1.29, 1.82) is 0 Å². The molecule has 0 fully saturated rings. The molecule has 0 aliphatic carbocycles. The fourth-order valence-corrected chi connectivity index (χ4v) is 1.09. The lowest BCUT2D eigenvalue weighted by Gasteiger charge is -2.05. The molecule has 3 heteroatoms. The van der Waals surface area contributed by atoms with Gasteiger partial charge >= 0.3 is 5.97 Å². The molecule has 0 aliphatic rings. The van der Waals surface area contributed by atoms with Gasteiger partial charge in [0.1, 0.15) is 11.5 Å². The van der Waals surface area contributed by atoms with Gasteiger partial charge in [0.15, 0.2) is 0 Å². The molecule has 3 nitrogen and oxygen atoms in total. The third kappa shape index (κ3) is 3.13. The monoisotopic (exact) mass is 206 g/mol. The van der Waals surface area contributed by atoms with Crippen molar-refractivity contribution >= 4 is 5.97 Å². The number of phenolic OH excluding ortho intramolecular Hbond substituents is 1. The van der Waals surface area contributed by atoms with Gasteiger partial charge in [0.25, 0.3) is 0 Å². The van der Waals surface area contributed by atoms with Gasteiger partial charge in [-0.2, -0.15) is 0 Å². The van der Waals surface area contributed by atoms with E-state index in [0.717, 1.165) is 5.56 Å². The number of hydrogen-bond acceptors (Lipinski definition) is 3. The SMILES string of the molecule is C/C=C(\C)C(=O)Oc1cc(C)cc(O)c1. The van der Waals surface area contributed by atoms with E-state index in [0.29, 0.717) is 11.3 Å². The van der Waals surface area contributed by atoms with E-state index in [1.165, 1.54) is 6.07 Å². The summed E-state index contributed by atoms with van der Waals surface area (Å²) < 4.78 is 5.06. The average molecular weight is 206 g/mol. The number of allylic oxidation sites excluding steroid dienone is 1. The minimum Gasteiger partial charge on any atom is -0.508 e. The number of aryl methyl sites for hydroxylation is 1. The predicted molar refractivity (Wildman–Crippen MR) is 57.9 cm³/mol. The third-order valence-electron chi connectivity index (χ3n) is 2.00. The summed E-state index contributed by atoms with van der Waals surface area (Å²) in [6, 6.07) is 4.70. The molecule has 0 saturated carbocycles. The van der Waals surface area contributed by atoms with Gasteiger partial charge in [0.05, 0.1) is 0 Å². The van der Waals surface area contributed by atoms with Crippen LogP contribution in [0.25, 0.3) is 0 Å². The van der Waals surface area contributed by atoms with E-state index in [4.69, 9.17) is 4.74 Å². The Labute approximate surface area is 89.0 Å². The summed E-state index contributed by atoms with van der Waals surface area (Å²) in [5.41, 5.74) is 1.38. The number of esters is 1. The lowest BCUT2D eigenvalue weighted by molar-refractivity contribution is -0.130. The van der Waals surface area contributed by atoms with Crippen molar-refractivity contribution in [3.8, 4) is 11.5 Å². The summed E-state index contributed by atoms with van der Waals surface area (Å²) >= 11 is 0. The maximum atomic E-state index is 11.4. The molecular formula is C12H14O3. The highest BCUT2D eigenvalue weighted by molar-refractivity contribution is 5.89. The van der Waals surface area contributed by atoms with Crippen molar-refractivity contribution in [2.45, 2.75) is 20.8 Å². The third-order valence-corrected chi connectivity index (χ3v) is 2.00. The minimum atomic E-state index is -0.400. The fraction of sp³-hybridized carbons (Fsp3) is 0.250. The van der Waals surface area contributed by atoms with Crippen LogP contribution in [0.1, 0.15) is 19.4 Å². The lowest BCUT2D eigenvalue weighted by atomic mass is 10.2. The maximum Gasteiger partial charge on any atom is 0.338 e. The molecule has 1 rings (SSSR count). The van der Waals surface area contributed by atoms with Crippen LogP contribution in [-0.4, -0.2) is 11.1 Å². The van der Waals surface area contributed by atoms with Gasteiger partial charge in [-0.25, -0.2) is 4.79 Å². The van der Waals surface area contributed by atoms with Crippen LogP contribution in [0.15, 0.2) is 29.8 Å². The second-order valence-corrected chi connectivity index (χ2v) is 3.37. The van der Waals surface area contributed by atoms with E-state index in [1.807, 2.05) is 6.92 Å². The lowest BCUT2D eigenvalue weighted by Crippen LogP contribution is -2.08. The number of hydrogen-bond donors (Lipinski definition) is 1. The molecule has 80 valence electrons. The molecule has 0 radical (unpaired) electrons. The van der Waals surface area contributed by atoms with Crippen molar-refractivity contribution in [2.24, 2.45) is 0 Å². The Morgan fingerprint density at radius 1 is 1.40 bits per heavy atom. The summed E-state index contributed by atoms with van der Waals surface area (Å²) in [5.74, 6) is 0.0529. The zero-order valence-electron chi connectivity index (χ0n) is 9.07. The smallest absolute Gasteiger partial charge is 0.338 e. The number of carbonyl (C=O) groups is 1. The van der Waals surface area contributed by atoms with Crippen LogP contribution in [-0.2, 0) is 4.79 Å². The van der Waals surface area contributed by atoms with E-state index in [1.54, 1.807) is 32.1 Å². The van der Waals surface area contributed by atoms with Crippen molar-refractivity contribution in [2.75, 3.05) is 0 Å². The summed E-state index contributed by atoms with van der Waals surface area (Å²) in [6.45, 7) is 5.27. The highest BCUT2D eigenvalue weighted by Crippen LogP contribution is 2.21. The van der Waals surface area contributed by atoms with Crippen molar-refractivity contribution in [3.05, 3.63) is 35.4 Å². The first kappa shape index (κ1) is 11.3. The molecule has 1 aromatic carbocycles. The van der Waals surface area contributed by atoms with Crippen LogP contribution < -0.4 is 4.74 Å². The Balaban J connectivity index is 2.86. The van der Waals surface area contributed by atoms with Gasteiger partial charge in [0.2, 0.25) is 0 Å². The summed E-state index contributed by atoms with van der Waals surface area (Å²) in [6.07, 6.45) is 1.68. The van der Waals surface area contributed by atoms with Crippen LogP contribution in [0.4, 0.5) is 0 Å². The largest absolute Gasteiger partial charge is 0.508 e. The first-order valence-corrected chi connectivity index (χ1v) is 4.68. The molecule has 0 aromatic heterocycles. The van der Waals surface area contributed by atoms with Gasteiger partial charge in [-0.1, -0.05) is 6.08 Å². The van der Waals surface area contributed by atoms with Gasteiger partial charge < -0.3 is 9.84 Å². The quantitative estimate of drug-likeness (QED) is 0.459. The molecule has 1 aromatic rings. The number of carbonyl (C=O) groups excluding carboxylic acids is 1. The molecular weight excluding hydrogens is 192 g/mol. The Hall–Kier alpha value is -1.77. The molecule has 0 atom stereocenters. The molecule has 0 aliphatic heterocycles. The molecule has 0 saturated heterocycles. The van der Waals surface area contributed by atoms with Crippen LogP contribution >= 0.6 is 0 Å². The molecule has 0 bridgehead atoms. The van der Waals surface area contributed by atoms with Gasteiger partial charge in [-0.15, -0.1) is 0 Å². The number of phenols is 1. The van der Waals surface area contributed by atoms with Gasteiger partial charge in [0, 0.05) is 11.6 Å². The molecule has 0 unspecified atom stereocenters. The van der Waals surface area contributed by atoms with Crippen molar-refractivity contribution in [3.63, 3.8) is 0 Å². The topological polar surface area (TPSA) is 46.5 Å². The van der Waals surface area contributed by atoms with Crippen LogP contribution in [0.2, 0.25) is 0 Å². The molecule has 0 spiro atoms. The molecule has 0 heterocycles. The standard InChI is InChI=1S/C12H14O3/c1-4-9(3)12(14)15-11-6-8(2)5-10(13)7-11/h4-7,13H,1-3H3/b9-4+. The zero-order valence-corrected chi connectivity index (χ0v) is 9.07. The second kappa shape index (κ2) is 4.64. The van der Waals surface area contributed by atoms with Crippen LogP contribution in [0, 0.1) is 6.92 Å². The van der Waals surface area contributed by atoms with Gasteiger partial charge in [-0.05, 0) is 38.5 Å². The number of rotatable bonds is 2. The normalized spacial score (nSPS) is 11.3. The number of benzene rings is 1. The van der Waals surface area contributed by atoms with E-state index < -0.39 is 5.97 Å². The Morgan fingerprint density at radius 2 is 2.07 bits per heavy atom. The fourth-order valence-electron chi connectivity index (χ4n) is 1.09. The Bertz CT molecular complexity index is 385. The average Bonchev–Trinajstić information content (AvgIpc) is 2.14. The van der Waals surface area contributed by atoms with E-state index >= 15 is 0 Å². The second-order valence-electron chi connectivity index (χ2n) is 3.37. The summed E-state index contributed by atoms with van der Waals surface area (Å²) in [5, 5.41) is 9.30. The summed E-state index contributed by atoms with van der Waals surface area (Å²) in [7, 11) is 0. The van der Waals surface area contributed by atoms with Crippen molar-refractivity contribution in [1.82, 2.24) is 0 Å². The predicted octanol–water partition coefficient (Wildman–Crippen LogP) is 2.57. The summed E-state index contributed by atoms with van der Waals surface area (Å²) in [4.78, 5) is 11.4. The molecule has 15 heavy (non-hydrogen) atoms. The zero-order chi connectivity index (χ0) is 11.4. The van der Waals surface area contributed by atoms with Gasteiger partial charge in [-0.3, -0.25) is 0 Å². The Morgan fingerprint density at radius 3 is 2.60 bits per heavy atom. The van der Waals surface area contributed by atoms with Crippen LogP contribution in [0.5, 0.6) is 11.5 Å².